The summed E-state index contributed by atoms with van der Waals surface area (Å²) in [5, 5.41) is 6.42. The van der Waals surface area contributed by atoms with Crippen molar-refractivity contribution in [3.05, 3.63) is 36.0 Å². The minimum atomic E-state index is -0.780. The Morgan fingerprint density at radius 1 is 1.55 bits per heavy atom. The Balaban J connectivity index is 2.06. The number of hydrogen-bond acceptors (Lipinski definition) is 6. The quantitative estimate of drug-likeness (QED) is 0.826. The van der Waals surface area contributed by atoms with E-state index in [1.54, 1.807) is 19.1 Å². The number of carbonyl (C=O) groups is 1. The average molecular weight is 308 g/mol. The van der Waals surface area contributed by atoms with Gasteiger partial charge in [-0.25, -0.2) is 4.39 Å². The molecule has 1 aromatic heterocycles. The third kappa shape index (κ3) is 3.86. The SMILES string of the molecule is COCC(N)C(=O)NC(C)c1nc(-c2cccc(F)c2)no1. The minimum absolute atomic E-state index is 0.108. The Morgan fingerprint density at radius 2 is 2.32 bits per heavy atom. The molecule has 0 fully saturated rings. The van der Waals surface area contributed by atoms with Gasteiger partial charge in [-0.15, -0.1) is 0 Å². The lowest BCUT2D eigenvalue weighted by Gasteiger charge is -2.14. The molecule has 0 spiro atoms. The summed E-state index contributed by atoms with van der Waals surface area (Å²) in [5.41, 5.74) is 6.11. The van der Waals surface area contributed by atoms with Crippen LogP contribution in [-0.4, -0.2) is 35.8 Å². The van der Waals surface area contributed by atoms with E-state index in [2.05, 4.69) is 15.5 Å². The molecule has 8 heteroatoms. The Kier molecular flexibility index (Phi) is 5.18. The van der Waals surface area contributed by atoms with Crippen LogP contribution in [-0.2, 0) is 9.53 Å². The summed E-state index contributed by atoms with van der Waals surface area (Å²) < 4.78 is 23.1. The molecular weight excluding hydrogens is 291 g/mol. The maximum absolute atomic E-state index is 13.2. The molecule has 2 aromatic rings. The predicted octanol–water partition coefficient (Wildman–Crippen LogP) is 1.03. The molecule has 0 radical (unpaired) electrons. The molecule has 7 nitrogen and oxygen atoms in total. The van der Waals surface area contributed by atoms with E-state index < -0.39 is 17.9 Å². The Labute approximate surface area is 126 Å². The summed E-state index contributed by atoms with van der Waals surface area (Å²) in [7, 11) is 1.46. The standard InChI is InChI=1S/C14H17FN4O3/c1-8(17-13(20)11(16)7-21-2)14-18-12(19-22-14)9-4-3-5-10(15)6-9/h3-6,8,11H,7,16H2,1-2H3,(H,17,20). The van der Waals surface area contributed by atoms with Crippen LogP contribution in [0.5, 0.6) is 0 Å². The minimum Gasteiger partial charge on any atom is -0.383 e. The number of nitrogens with one attached hydrogen (secondary N) is 1. The van der Waals surface area contributed by atoms with Crippen LogP contribution >= 0.6 is 0 Å². The first kappa shape index (κ1) is 16.1. The molecule has 22 heavy (non-hydrogen) atoms. The van der Waals surface area contributed by atoms with E-state index in [9.17, 15) is 9.18 Å². The molecule has 0 aliphatic carbocycles. The summed E-state index contributed by atoms with van der Waals surface area (Å²) >= 11 is 0. The number of methoxy groups -OCH3 is 1. The van der Waals surface area contributed by atoms with Crippen LogP contribution in [0.3, 0.4) is 0 Å². The third-order valence-electron chi connectivity index (χ3n) is 2.94. The normalized spacial score (nSPS) is 13.6. The van der Waals surface area contributed by atoms with E-state index in [1.807, 2.05) is 0 Å². The molecule has 2 unspecified atom stereocenters. The van der Waals surface area contributed by atoms with Gasteiger partial charge in [0.05, 0.1) is 6.61 Å². The van der Waals surface area contributed by atoms with Crippen molar-refractivity contribution in [3.8, 4) is 11.4 Å². The largest absolute Gasteiger partial charge is 0.383 e. The number of amides is 1. The van der Waals surface area contributed by atoms with Gasteiger partial charge in [-0.1, -0.05) is 17.3 Å². The monoisotopic (exact) mass is 308 g/mol. The molecule has 3 N–H and O–H groups in total. The van der Waals surface area contributed by atoms with E-state index in [0.29, 0.717) is 5.56 Å². The molecule has 118 valence electrons. The van der Waals surface area contributed by atoms with Gasteiger partial charge in [-0.3, -0.25) is 4.79 Å². The first-order valence-corrected chi connectivity index (χ1v) is 6.65. The highest BCUT2D eigenvalue weighted by molar-refractivity contribution is 5.81. The predicted molar refractivity (Wildman–Crippen MR) is 76.1 cm³/mol. The van der Waals surface area contributed by atoms with Crippen LogP contribution in [0.25, 0.3) is 11.4 Å². The number of ether oxygens (including phenoxy) is 1. The zero-order chi connectivity index (χ0) is 16.1. The molecule has 2 rings (SSSR count). The maximum atomic E-state index is 13.2. The fourth-order valence-corrected chi connectivity index (χ4v) is 1.79. The van der Waals surface area contributed by atoms with Gasteiger partial charge in [0, 0.05) is 12.7 Å². The van der Waals surface area contributed by atoms with Crippen LogP contribution in [0.1, 0.15) is 18.9 Å². The molecule has 2 atom stereocenters. The van der Waals surface area contributed by atoms with Gasteiger partial charge in [-0.05, 0) is 19.1 Å². The van der Waals surface area contributed by atoms with Crippen LogP contribution in [0.2, 0.25) is 0 Å². The molecule has 0 aliphatic rings. The third-order valence-corrected chi connectivity index (χ3v) is 2.94. The van der Waals surface area contributed by atoms with Gasteiger partial charge in [0.1, 0.15) is 17.9 Å². The van der Waals surface area contributed by atoms with Crippen LogP contribution in [0, 0.1) is 5.82 Å². The maximum Gasteiger partial charge on any atom is 0.249 e. The summed E-state index contributed by atoms with van der Waals surface area (Å²) in [6.45, 7) is 1.79. The molecule has 1 aromatic carbocycles. The van der Waals surface area contributed by atoms with Gasteiger partial charge in [0.2, 0.25) is 17.6 Å². The summed E-state index contributed by atoms with van der Waals surface area (Å²) in [6.07, 6.45) is 0. The van der Waals surface area contributed by atoms with Gasteiger partial charge < -0.3 is 20.3 Å². The second-order valence-electron chi connectivity index (χ2n) is 4.76. The summed E-state index contributed by atoms with van der Waals surface area (Å²) in [5.74, 6) is -0.329. The van der Waals surface area contributed by atoms with E-state index in [4.69, 9.17) is 15.0 Å². The molecule has 1 heterocycles. The number of carbonyl (C=O) groups excluding carboxylic acids is 1. The number of nitrogens with two attached hydrogens (primary N) is 1. The van der Waals surface area contributed by atoms with Gasteiger partial charge >= 0.3 is 0 Å². The van der Waals surface area contributed by atoms with E-state index in [0.717, 1.165) is 0 Å². The number of aromatic nitrogens is 2. The zero-order valence-electron chi connectivity index (χ0n) is 12.2. The number of halogens is 1. The first-order chi connectivity index (χ1) is 10.5. The highest BCUT2D eigenvalue weighted by Gasteiger charge is 2.20. The van der Waals surface area contributed by atoms with Gasteiger partial charge in [0.15, 0.2) is 0 Å². The lowest BCUT2D eigenvalue weighted by molar-refractivity contribution is -0.124. The highest BCUT2D eigenvalue weighted by atomic mass is 19.1. The van der Waals surface area contributed by atoms with Crippen molar-refractivity contribution in [2.75, 3.05) is 13.7 Å². The smallest absolute Gasteiger partial charge is 0.249 e. The topological polar surface area (TPSA) is 103 Å². The number of nitrogens with zero attached hydrogens (tertiary/aromatic N) is 2. The Morgan fingerprint density at radius 3 is 3.00 bits per heavy atom. The fourth-order valence-electron chi connectivity index (χ4n) is 1.79. The van der Waals surface area contributed by atoms with Gasteiger partial charge in [0.25, 0.3) is 0 Å². The Hall–Kier alpha value is -2.32. The second-order valence-corrected chi connectivity index (χ2v) is 4.76. The van der Waals surface area contributed by atoms with Crippen LogP contribution in [0.15, 0.2) is 28.8 Å². The van der Waals surface area contributed by atoms with E-state index in [1.165, 1.54) is 19.2 Å². The number of benzene rings is 1. The van der Waals surface area contributed by atoms with Crippen molar-refractivity contribution in [1.82, 2.24) is 15.5 Å². The highest BCUT2D eigenvalue weighted by Crippen LogP contribution is 2.19. The second kappa shape index (κ2) is 7.10. The molecule has 0 bridgehead atoms. The van der Waals surface area contributed by atoms with Crippen molar-refractivity contribution < 1.29 is 18.4 Å². The zero-order valence-corrected chi connectivity index (χ0v) is 12.2. The molecule has 1 amide bonds. The van der Waals surface area contributed by atoms with Crippen molar-refractivity contribution in [2.45, 2.75) is 19.0 Å². The molecule has 0 saturated heterocycles. The number of rotatable bonds is 6. The Bertz CT molecular complexity index is 647. The molecule has 0 aliphatic heterocycles. The van der Waals surface area contributed by atoms with Crippen LogP contribution in [0.4, 0.5) is 4.39 Å². The van der Waals surface area contributed by atoms with Crippen molar-refractivity contribution in [3.63, 3.8) is 0 Å². The van der Waals surface area contributed by atoms with E-state index in [-0.39, 0.29) is 24.2 Å². The van der Waals surface area contributed by atoms with Crippen molar-refractivity contribution in [2.24, 2.45) is 5.73 Å². The molecule has 0 saturated carbocycles. The fraction of sp³-hybridized carbons (Fsp3) is 0.357. The van der Waals surface area contributed by atoms with Gasteiger partial charge in [-0.2, -0.15) is 4.98 Å². The lowest BCUT2D eigenvalue weighted by Crippen LogP contribution is -2.44. The summed E-state index contributed by atoms with van der Waals surface area (Å²) in [6, 6.07) is 4.53. The molecular formula is C14H17FN4O3. The van der Waals surface area contributed by atoms with Crippen LogP contribution < -0.4 is 11.1 Å². The summed E-state index contributed by atoms with van der Waals surface area (Å²) in [4.78, 5) is 15.9. The van der Waals surface area contributed by atoms with Crippen molar-refractivity contribution >= 4 is 5.91 Å². The van der Waals surface area contributed by atoms with Crippen molar-refractivity contribution in [1.29, 1.82) is 0 Å². The number of hydrogen-bond donors (Lipinski definition) is 2. The average Bonchev–Trinajstić information content (AvgIpc) is 2.97. The lowest BCUT2D eigenvalue weighted by atomic mass is 10.2. The van der Waals surface area contributed by atoms with E-state index >= 15 is 0 Å². The first-order valence-electron chi connectivity index (χ1n) is 6.65.